The molecule has 0 N–H and O–H groups in total. The number of allylic oxidation sites excluding steroid dienone is 1. The van der Waals surface area contributed by atoms with E-state index < -0.39 is 0 Å². The van der Waals surface area contributed by atoms with Crippen molar-refractivity contribution in [2.45, 2.75) is 78.2 Å². The lowest BCUT2D eigenvalue weighted by Gasteiger charge is -2.15. The fourth-order valence-corrected chi connectivity index (χ4v) is 1.98. The van der Waals surface area contributed by atoms with Crippen LogP contribution in [0.3, 0.4) is 0 Å². The fourth-order valence-electron chi connectivity index (χ4n) is 1.98. The molecule has 1 rings (SSSR count). The molecule has 0 aromatic rings. The van der Waals surface area contributed by atoms with Crippen LogP contribution in [0.5, 0.6) is 0 Å². The van der Waals surface area contributed by atoms with Crippen LogP contribution in [0.4, 0.5) is 0 Å². The van der Waals surface area contributed by atoms with Gasteiger partial charge >= 0.3 is 5.97 Å². The van der Waals surface area contributed by atoms with E-state index in [-0.39, 0.29) is 12.1 Å². The standard InChI is InChI=1S/C15H26O3/c1-4-7-10-12(9-6-3)17-15(16)14-13(18-14)11-8-5-2/h12H,4-11H2,1-3H3. The van der Waals surface area contributed by atoms with Gasteiger partial charge in [0.2, 0.25) is 5.76 Å². The zero-order chi connectivity index (χ0) is 13.4. The molecule has 0 spiro atoms. The summed E-state index contributed by atoms with van der Waals surface area (Å²) < 4.78 is 10.7. The Morgan fingerprint density at radius 2 is 1.83 bits per heavy atom. The number of hydrogen-bond acceptors (Lipinski definition) is 3. The van der Waals surface area contributed by atoms with Crippen LogP contribution in [-0.4, -0.2) is 12.1 Å². The Hall–Kier alpha value is -0.990. The summed E-state index contributed by atoms with van der Waals surface area (Å²) in [6, 6.07) is 0. The molecule has 1 aliphatic heterocycles. The second-order valence-corrected chi connectivity index (χ2v) is 4.92. The van der Waals surface area contributed by atoms with Gasteiger partial charge in [-0.05, 0) is 19.3 Å². The average molecular weight is 254 g/mol. The Morgan fingerprint density at radius 3 is 2.44 bits per heavy atom. The summed E-state index contributed by atoms with van der Waals surface area (Å²) >= 11 is 0. The molecule has 1 heterocycles. The summed E-state index contributed by atoms with van der Waals surface area (Å²) in [4.78, 5) is 11.8. The van der Waals surface area contributed by atoms with Gasteiger partial charge in [-0.1, -0.05) is 46.5 Å². The van der Waals surface area contributed by atoms with Gasteiger partial charge in [-0.2, -0.15) is 0 Å². The van der Waals surface area contributed by atoms with E-state index >= 15 is 0 Å². The summed E-state index contributed by atoms with van der Waals surface area (Å²) in [6.07, 6.45) is 8.32. The van der Waals surface area contributed by atoms with Gasteiger partial charge in [0.1, 0.15) is 6.10 Å². The monoisotopic (exact) mass is 254 g/mol. The van der Waals surface area contributed by atoms with Crippen molar-refractivity contribution in [3.63, 3.8) is 0 Å². The molecule has 1 aliphatic rings. The van der Waals surface area contributed by atoms with Gasteiger partial charge in [0, 0.05) is 6.42 Å². The SMILES string of the molecule is CCCCC1=C(C(=O)OC(CCC)CCCC)O1. The van der Waals surface area contributed by atoms with Crippen LogP contribution >= 0.6 is 0 Å². The van der Waals surface area contributed by atoms with Gasteiger partial charge in [-0.15, -0.1) is 0 Å². The third-order valence-corrected chi connectivity index (χ3v) is 3.14. The molecule has 0 saturated carbocycles. The van der Waals surface area contributed by atoms with Crippen LogP contribution in [-0.2, 0) is 14.3 Å². The Kier molecular flexibility index (Phi) is 6.84. The molecule has 0 amide bonds. The molecule has 0 aromatic heterocycles. The highest BCUT2D eigenvalue weighted by atomic mass is 16.6. The fraction of sp³-hybridized carbons (Fsp3) is 0.800. The molecule has 0 radical (unpaired) electrons. The van der Waals surface area contributed by atoms with E-state index in [0.29, 0.717) is 5.76 Å². The van der Waals surface area contributed by atoms with Crippen molar-refractivity contribution in [1.82, 2.24) is 0 Å². The smallest absolute Gasteiger partial charge is 0.378 e. The molecule has 3 heteroatoms. The minimum absolute atomic E-state index is 0.0616. The maximum atomic E-state index is 11.8. The first-order valence-electron chi connectivity index (χ1n) is 7.34. The zero-order valence-electron chi connectivity index (χ0n) is 12.0. The van der Waals surface area contributed by atoms with Crippen molar-refractivity contribution in [2.24, 2.45) is 0 Å². The summed E-state index contributed by atoms with van der Waals surface area (Å²) in [5, 5.41) is 0. The van der Waals surface area contributed by atoms with Gasteiger partial charge < -0.3 is 9.47 Å². The highest BCUT2D eigenvalue weighted by molar-refractivity contribution is 5.90. The minimum Gasteiger partial charge on any atom is -0.456 e. The van der Waals surface area contributed by atoms with E-state index in [0.717, 1.165) is 57.1 Å². The summed E-state index contributed by atoms with van der Waals surface area (Å²) in [7, 11) is 0. The number of carbonyl (C=O) groups excluding carboxylic acids is 1. The first-order chi connectivity index (χ1) is 8.72. The maximum absolute atomic E-state index is 11.8. The van der Waals surface area contributed by atoms with Gasteiger partial charge in [0.15, 0.2) is 5.76 Å². The van der Waals surface area contributed by atoms with Crippen LogP contribution in [0.15, 0.2) is 11.5 Å². The third-order valence-electron chi connectivity index (χ3n) is 3.14. The number of ether oxygens (including phenoxy) is 2. The van der Waals surface area contributed by atoms with Crippen molar-refractivity contribution in [3.05, 3.63) is 11.5 Å². The number of hydrogen-bond donors (Lipinski definition) is 0. The first-order valence-corrected chi connectivity index (χ1v) is 7.34. The molecule has 104 valence electrons. The molecule has 18 heavy (non-hydrogen) atoms. The van der Waals surface area contributed by atoms with Crippen molar-refractivity contribution < 1.29 is 14.3 Å². The Labute approximate surface area is 111 Å². The van der Waals surface area contributed by atoms with E-state index in [9.17, 15) is 4.79 Å². The third kappa shape index (κ3) is 5.11. The zero-order valence-corrected chi connectivity index (χ0v) is 12.0. The Bertz CT molecular complexity index is 294. The van der Waals surface area contributed by atoms with Gasteiger partial charge in [0.25, 0.3) is 0 Å². The van der Waals surface area contributed by atoms with Crippen LogP contribution < -0.4 is 0 Å². The molecule has 0 fully saturated rings. The van der Waals surface area contributed by atoms with E-state index in [1.165, 1.54) is 0 Å². The van der Waals surface area contributed by atoms with E-state index in [2.05, 4.69) is 20.8 Å². The number of rotatable bonds is 10. The van der Waals surface area contributed by atoms with E-state index in [1.807, 2.05) is 0 Å². The predicted octanol–water partition coefficient (Wildman–Crippen LogP) is 4.32. The van der Waals surface area contributed by atoms with Crippen molar-refractivity contribution in [1.29, 1.82) is 0 Å². The molecule has 1 unspecified atom stereocenters. The molecule has 0 aliphatic carbocycles. The van der Waals surface area contributed by atoms with Gasteiger partial charge in [0.05, 0.1) is 0 Å². The summed E-state index contributed by atoms with van der Waals surface area (Å²) in [5.74, 6) is 1.06. The molecule has 0 aromatic carbocycles. The second-order valence-electron chi connectivity index (χ2n) is 4.92. The van der Waals surface area contributed by atoms with Crippen molar-refractivity contribution in [3.8, 4) is 0 Å². The lowest BCUT2D eigenvalue weighted by molar-refractivity contribution is -0.146. The van der Waals surface area contributed by atoms with Crippen LogP contribution in [0.1, 0.15) is 72.1 Å². The normalized spacial score (nSPS) is 15.3. The van der Waals surface area contributed by atoms with Crippen molar-refractivity contribution in [2.75, 3.05) is 0 Å². The maximum Gasteiger partial charge on any atom is 0.378 e. The summed E-state index contributed by atoms with van der Waals surface area (Å²) in [6.45, 7) is 6.40. The molecule has 0 bridgehead atoms. The van der Waals surface area contributed by atoms with E-state index in [1.54, 1.807) is 0 Å². The Morgan fingerprint density at radius 1 is 1.11 bits per heavy atom. The predicted molar refractivity (Wildman–Crippen MR) is 71.9 cm³/mol. The van der Waals surface area contributed by atoms with Crippen LogP contribution in [0, 0.1) is 0 Å². The number of carbonyl (C=O) groups is 1. The highest BCUT2D eigenvalue weighted by Crippen LogP contribution is 2.32. The lowest BCUT2D eigenvalue weighted by Crippen LogP contribution is -2.17. The molecule has 3 nitrogen and oxygen atoms in total. The Balaban J connectivity index is 2.35. The molecule has 1 atom stereocenters. The van der Waals surface area contributed by atoms with Gasteiger partial charge in [-0.3, -0.25) is 0 Å². The topological polar surface area (TPSA) is 38.8 Å². The van der Waals surface area contributed by atoms with E-state index in [4.69, 9.17) is 9.47 Å². The highest BCUT2D eigenvalue weighted by Gasteiger charge is 2.34. The largest absolute Gasteiger partial charge is 0.456 e. The molecular weight excluding hydrogens is 228 g/mol. The second kappa shape index (κ2) is 8.17. The van der Waals surface area contributed by atoms with Crippen molar-refractivity contribution >= 4 is 5.97 Å². The number of unbranched alkanes of at least 4 members (excludes halogenated alkanes) is 2. The number of esters is 1. The van der Waals surface area contributed by atoms with Gasteiger partial charge in [-0.25, -0.2) is 4.79 Å². The molecule has 0 saturated heterocycles. The quantitative estimate of drug-likeness (QED) is 0.545. The van der Waals surface area contributed by atoms with Crippen LogP contribution in [0.25, 0.3) is 0 Å². The molecular formula is C15H26O3. The minimum atomic E-state index is -0.254. The lowest BCUT2D eigenvalue weighted by atomic mass is 10.1. The summed E-state index contributed by atoms with van der Waals surface area (Å²) in [5.41, 5.74) is 0. The first kappa shape index (κ1) is 15.1. The average Bonchev–Trinajstić information content (AvgIpc) is 3.13. The van der Waals surface area contributed by atoms with Crippen LogP contribution in [0.2, 0.25) is 0 Å².